The van der Waals surface area contributed by atoms with Crippen molar-refractivity contribution in [3.8, 4) is 0 Å². The predicted molar refractivity (Wildman–Crippen MR) is 101 cm³/mol. The largest absolute Gasteiger partial charge is 0.361 e. The Balaban J connectivity index is 2.06. The highest BCUT2D eigenvalue weighted by Crippen LogP contribution is 2.26. The molecule has 0 atom stereocenters. The molecular formula is C18H20ClN3O2S. The minimum atomic E-state index is -0.0309. The van der Waals surface area contributed by atoms with Crippen molar-refractivity contribution in [1.82, 2.24) is 14.7 Å². The summed E-state index contributed by atoms with van der Waals surface area (Å²) < 4.78 is 6.97. The number of hydrogen-bond acceptors (Lipinski definition) is 5. The van der Waals surface area contributed by atoms with Crippen molar-refractivity contribution in [2.45, 2.75) is 45.1 Å². The number of halogens is 1. The van der Waals surface area contributed by atoms with Crippen LogP contribution in [0.2, 0.25) is 5.02 Å². The normalized spacial score (nSPS) is 11.6. The van der Waals surface area contributed by atoms with E-state index >= 15 is 0 Å². The average Bonchev–Trinajstić information content (AvgIpc) is 2.86. The summed E-state index contributed by atoms with van der Waals surface area (Å²) in [5.74, 6) is 1.78. The van der Waals surface area contributed by atoms with Crippen molar-refractivity contribution in [2.75, 3.05) is 0 Å². The molecule has 1 aromatic carbocycles. The lowest BCUT2D eigenvalue weighted by molar-refractivity contribution is 0.392. The summed E-state index contributed by atoms with van der Waals surface area (Å²) in [4.78, 5) is 17.6. The fourth-order valence-electron chi connectivity index (χ4n) is 2.65. The molecule has 0 fully saturated rings. The van der Waals surface area contributed by atoms with Gasteiger partial charge in [0.1, 0.15) is 5.76 Å². The minimum Gasteiger partial charge on any atom is -0.361 e. The minimum absolute atomic E-state index is 0.0309. The summed E-state index contributed by atoms with van der Waals surface area (Å²) in [5, 5.41) is 5.83. The monoisotopic (exact) mass is 377 g/mol. The standard InChI is InChI=1S/C18H20ClN3O2S/c1-10(2)8-22-17(23)14-6-5-13(19)7-16(14)20-18(22)25-9-15-11(3)21-24-12(15)4/h5-7,10H,8-9H2,1-4H3. The van der Waals surface area contributed by atoms with Crippen molar-refractivity contribution in [3.05, 3.63) is 50.6 Å². The van der Waals surface area contributed by atoms with Crippen molar-refractivity contribution < 1.29 is 4.52 Å². The molecule has 0 N–H and O–H groups in total. The van der Waals surface area contributed by atoms with Gasteiger partial charge in [0.2, 0.25) is 0 Å². The summed E-state index contributed by atoms with van der Waals surface area (Å²) in [6, 6.07) is 5.20. The molecule has 3 aromatic rings. The molecule has 7 heteroatoms. The van der Waals surface area contributed by atoms with Gasteiger partial charge in [0.25, 0.3) is 5.56 Å². The molecule has 0 saturated carbocycles. The first-order valence-electron chi connectivity index (χ1n) is 8.11. The first-order valence-corrected chi connectivity index (χ1v) is 9.47. The lowest BCUT2D eigenvalue weighted by atomic mass is 10.2. The van der Waals surface area contributed by atoms with Crippen LogP contribution >= 0.6 is 23.4 Å². The molecule has 0 spiro atoms. The van der Waals surface area contributed by atoms with Gasteiger partial charge in [-0.05, 0) is 38.0 Å². The lowest BCUT2D eigenvalue weighted by Gasteiger charge is -2.15. The van der Waals surface area contributed by atoms with E-state index in [1.807, 2.05) is 13.8 Å². The van der Waals surface area contributed by atoms with Gasteiger partial charge in [-0.1, -0.05) is 42.4 Å². The van der Waals surface area contributed by atoms with Crippen LogP contribution in [-0.2, 0) is 12.3 Å². The zero-order valence-corrected chi connectivity index (χ0v) is 16.2. The van der Waals surface area contributed by atoms with E-state index in [2.05, 4.69) is 19.0 Å². The van der Waals surface area contributed by atoms with Gasteiger partial charge in [0.05, 0.1) is 16.6 Å². The zero-order chi connectivity index (χ0) is 18.1. The molecular weight excluding hydrogens is 358 g/mol. The number of nitrogens with zero attached hydrogens (tertiary/aromatic N) is 3. The number of aromatic nitrogens is 3. The molecule has 0 unspecified atom stereocenters. The highest BCUT2D eigenvalue weighted by molar-refractivity contribution is 7.98. The maximum absolute atomic E-state index is 12.9. The number of aryl methyl sites for hydroxylation is 2. The number of rotatable bonds is 5. The summed E-state index contributed by atoms with van der Waals surface area (Å²) >= 11 is 7.59. The molecule has 3 rings (SSSR count). The van der Waals surface area contributed by atoms with Gasteiger partial charge in [-0.2, -0.15) is 0 Å². The van der Waals surface area contributed by atoms with Gasteiger partial charge in [0.15, 0.2) is 5.16 Å². The van der Waals surface area contributed by atoms with Crippen molar-refractivity contribution in [1.29, 1.82) is 0 Å². The Kier molecular flexibility index (Phi) is 5.20. The third-order valence-corrected chi connectivity index (χ3v) is 5.19. The molecule has 25 heavy (non-hydrogen) atoms. The highest BCUT2D eigenvalue weighted by Gasteiger charge is 2.16. The molecule has 0 amide bonds. The average molecular weight is 378 g/mol. The molecule has 132 valence electrons. The smallest absolute Gasteiger partial charge is 0.262 e. The van der Waals surface area contributed by atoms with Crippen LogP contribution in [0.1, 0.15) is 30.9 Å². The van der Waals surface area contributed by atoms with E-state index in [0.717, 1.165) is 17.0 Å². The fourth-order valence-corrected chi connectivity index (χ4v) is 3.98. The molecule has 0 aliphatic rings. The zero-order valence-electron chi connectivity index (χ0n) is 14.7. The first-order chi connectivity index (χ1) is 11.9. The van der Waals surface area contributed by atoms with Gasteiger partial charge in [-0.15, -0.1) is 0 Å². The van der Waals surface area contributed by atoms with Crippen LogP contribution in [0, 0.1) is 19.8 Å². The molecule has 0 aliphatic heterocycles. The quantitative estimate of drug-likeness (QED) is 0.480. The maximum Gasteiger partial charge on any atom is 0.262 e. The molecule has 2 heterocycles. The van der Waals surface area contributed by atoms with Gasteiger partial charge in [-0.25, -0.2) is 4.98 Å². The van der Waals surface area contributed by atoms with Crippen LogP contribution in [0.4, 0.5) is 0 Å². The van der Waals surface area contributed by atoms with E-state index in [1.54, 1.807) is 22.8 Å². The third kappa shape index (κ3) is 3.75. The lowest BCUT2D eigenvalue weighted by Crippen LogP contribution is -2.25. The number of thioether (sulfide) groups is 1. The summed E-state index contributed by atoms with van der Waals surface area (Å²) in [6.45, 7) is 8.60. The number of hydrogen-bond donors (Lipinski definition) is 0. The van der Waals surface area contributed by atoms with E-state index in [1.165, 1.54) is 11.8 Å². The predicted octanol–water partition coefficient (Wildman–Crippen LogP) is 4.60. The van der Waals surface area contributed by atoms with E-state index < -0.39 is 0 Å². The molecule has 0 aliphatic carbocycles. The van der Waals surface area contributed by atoms with Crippen molar-refractivity contribution in [2.24, 2.45) is 5.92 Å². The Morgan fingerprint density at radius 2 is 2.08 bits per heavy atom. The summed E-state index contributed by atoms with van der Waals surface area (Å²) in [6.07, 6.45) is 0. The SMILES string of the molecule is Cc1noc(C)c1CSc1nc2cc(Cl)ccc2c(=O)n1CC(C)C. The van der Waals surface area contributed by atoms with Gasteiger partial charge < -0.3 is 4.52 Å². The molecule has 5 nitrogen and oxygen atoms in total. The van der Waals surface area contributed by atoms with Crippen molar-refractivity contribution >= 4 is 34.3 Å². The second kappa shape index (κ2) is 7.22. The Morgan fingerprint density at radius 1 is 1.32 bits per heavy atom. The van der Waals surface area contributed by atoms with Crippen LogP contribution in [0.5, 0.6) is 0 Å². The van der Waals surface area contributed by atoms with Crippen LogP contribution in [0.3, 0.4) is 0 Å². The molecule has 0 radical (unpaired) electrons. The van der Waals surface area contributed by atoms with Gasteiger partial charge in [0, 0.05) is 22.9 Å². The highest BCUT2D eigenvalue weighted by atomic mass is 35.5. The molecule has 0 bridgehead atoms. The Hall–Kier alpha value is -1.79. The van der Waals surface area contributed by atoms with Crippen LogP contribution in [0.15, 0.2) is 32.7 Å². The Bertz CT molecular complexity index is 959. The van der Waals surface area contributed by atoms with E-state index in [0.29, 0.717) is 39.3 Å². The van der Waals surface area contributed by atoms with Gasteiger partial charge in [-0.3, -0.25) is 9.36 Å². The first kappa shape index (κ1) is 18.0. The van der Waals surface area contributed by atoms with E-state index in [-0.39, 0.29) is 5.56 Å². The Morgan fingerprint density at radius 3 is 2.72 bits per heavy atom. The number of fused-ring (bicyclic) bond motifs is 1. The Labute approximate surface area is 155 Å². The van der Waals surface area contributed by atoms with E-state index in [9.17, 15) is 4.79 Å². The maximum atomic E-state index is 12.9. The fraction of sp³-hybridized carbons (Fsp3) is 0.389. The van der Waals surface area contributed by atoms with Crippen LogP contribution in [-0.4, -0.2) is 14.7 Å². The molecule has 0 saturated heterocycles. The number of benzene rings is 1. The van der Waals surface area contributed by atoms with Gasteiger partial charge >= 0.3 is 0 Å². The topological polar surface area (TPSA) is 60.9 Å². The van der Waals surface area contributed by atoms with E-state index in [4.69, 9.17) is 21.1 Å². The second-order valence-electron chi connectivity index (χ2n) is 6.46. The van der Waals surface area contributed by atoms with Crippen molar-refractivity contribution in [3.63, 3.8) is 0 Å². The third-order valence-electron chi connectivity index (χ3n) is 3.96. The van der Waals surface area contributed by atoms with Crippen LogP contribution < -0.4 is 5.56 Å². The van der Waals surface area contributed by atoms with Crippen LogP contribution in [0.25, 0.3) is 10.9 Å². The summed E-state index contributed by atoms with van der Waals surface area (Å²) in [7, 11) is 0. The molecule has 2 aromatic heterocycles. The second-order valence-corrected chi connectivity index (χ2v) is 7.84. The summed E-state index contributed by atoms with van der Waals surface area (Å²) in [5.41, 5.74) is 2.50.